The van der Waals surface area contributed by atoms with Gasteiger partial charge < -0.3 is 10.6 Å². The van der Waals surface area contributed by atoms with E-state index in [1.54, 1.807) is 6.07 Å². The van der Waals surface area contributed by atoms with Crippen molar-refractivity contribution in [1.29, 1.82) is 0 Å². The van der Waals surface area contributed by atoms with Gasteiger partial charge in [0, 0.05) is 19.8 Å². The van der Waals surface area contributed by atoms with E-state index in [1.165, 1.54) is 26.2 Å². The third-order valence-electron chi connectivity index (χ3n) is 4.43. The van der Waals surface area contributed by atoms with Crippen LogP contribution in [0.3, 0.4) is 0 Å². The van der Waals surface area contributed by atoms with Gasteiger partial charge in [0.1, 0.15) is 0 Å². The van der Waals surface area contributed by atoms with Crippen molar-refractivity contribution < 1.29 is 13.2 Å². The largest absolute Gasteiger partial charge is 0.331 e. The topological polar surface area (TPSA) is 78.5 Å². The molecular weight excluding hydrogens is 362 g/mol. The van der Waals surface area contributed by atoms with Crippen molar-refractivity contribution >= 4 is 21.7 Å². The Labute approximate surface area is 161 Å². The van der Waals surface area contributed by atoms with Crippen LogP contribution in [0.1, 0.15) is 36.1 Å². The molecule has 0 aliphatic heterocycles. The summed E-state index contributed by atoms with van der Waals surface area (Å²) in [5.74, 6) is 0. The van der Waals surface area contributed by atoms with Gasteiger partial charge in [-0.3, -0.25) is 0 Å². The molecule has 7 heteroatoms. The fraction of sp³-hybridized carbons (Fsp3) is 0.350. The van der Waals surface area contributed by atoms with Crippen LogP contribution < -0.4 is 10.6 Å². The molecular formula is C20H27N3O3S. The van der Waals surface area contributed by atoms with Crippen molar-refractivity contribution in [3.8, 4) is 0 Å². The van der Waals surface area contributed by atoms with Crippen LogP contribution in [0.4, 0.5) is 10.5 Å². The Morgan fingerprint density at radius 1 is 1.07 bits per heavy atom. The highest BCUT2D eigenvalue weighted by Crippen LogP contribution is 2.23. The lowest BCUT2D eigenvalue weighted by Gasteiger charge is -2.19. The Bertz CT molecular complexity index is 907. The van der Waals surface area contributed by atoms with E-state index < -0.39 is 10.0 Å². The molecule has 2 rings (SSSR count). The minimum atomic E-state index is -3.57. The normalized spacial score (nSPS) is 12.7. The molecule has 146 valence electrons. The Kier molecular flexibility index (Phi) is 6.62. The molecule has 1 atom stereocenters. The molecule has 2 aromatic carbocycles. The number of nitrogens with zero attached hydrogens (tertiary/aromatic N) is 1. The monoisotopic (exact) mass is 389 g/mol. The van der Waals surface area contributed by atoms with Crippen LogP contribution in [0.25, 0.3) is 0 Å². The zero-order chi connectivity index (χ0) is 20.2. The van der Waals surface area contributed by atoms with Crippen molar-refractivity contribution in [2.24, 2.45) is 0 Å². The van der Waals surface area contributed by atoms with E-state index in [1.807, 2.05) is 45.0 Å². The number of aryl methyl sites for hydroxylation is 2. The van der Waals surface area contributed by atoms with Crippen LogP contribution in [0, 0.1) is 13.8 Å². The van der Waals surface area contributed by atoms with E-state index >= 15 is 0 Å². The van der Waals surface area contributed by atoms with Crippen molar-refractivity contribution in [3.63, 3.8) is 0 Å². The predicted molar refractivity (Wildman–Crippen MR) is 108 cm³/mol. The summed E-state index contributed by atoms with van der Waals surface area (Å²) in [6, 6.07) is 12.2. The van der Waals surface area contributed by atoms with E-state index in [9.17, 15) is 13.2 Å². The Morgan fingerprint density at radius 2 is 1.70 bits per heavy atom. The minimum Gasteiger partial charge on any atom is -0.331 e. The quantitative estimate of drug-likeness (QED) is 0.788. The average molecular weight is 390 g/mol. The number of nitrogens with one attached hydrogen (secondary N) is 2. The molecule has 0 aromatic heterocycles. The Hall–Kier alpha value is -2.38. The zero-order valence-electron chi connectivity index (χ0n) is 16.4. The second-order valence-electron chi connectivity index (χ2n) is 6.73. The van der Waals surface area contributed by atoms with Crippen molar-refractivity contribution in [1.82, 2.24) is 9.62 Å². The third-order valence-corrected chi connectivity index (χ3v) is 6.24. The predicted octanol–water partition coefficient (Wildman–Crippen LogP) is 3.83. The standard InChI is InChI=1S/C20H27N3O3S/c1-6-18(16-10-7-14(2)8-11-16)21-20(24)22-19-13-17(12-9-15(19)3)27(25,26)23(4)5/h7-13,18H,6H2,1-5H3,(H2,21,22,24)/t18-/m0/s1. The van der Waals surface area contributed by atoms with Crippen LogP contribution in [-0.2, 0) is 10.0 Å². The number of carbonyl (C=O) groups is 1. The number of anilines is 1. The van der Waals surface area contributed by atoms with Crippen LogP contribution in [-0.4, -0.2) is 32.8 Å². The van der Waals surface area contributed by atoms with Crippen LogP contribution >= 0.6 is 0 Å². The molecule has 0 unspecified atom stereocenters. The smallest absolute Gasteiger partial charge is 0.319 e. The first-order valence-electron chi connectivity index (χ1n) is 8.82. The second-order valence-corrected chi connectivity index (χ2v) is 8.89. The van der Waals surface area contributed by atoms with Gasteiger partial charge in [0.15, 0.2) is 0 Å². The number of benzene rings is 2. The van der Waals surface area contributed by atoms with Gasteiger partial charge in [-0.25, -0.2) is 17.5 Å². The molecule has 2 amide bonds. The Balaban J connectivity index is 2.18. The van der Waals surface area contributed by atoms with Gasteiger partial charge in [-0.2, -0.15) is 0 Å². The van der Waals surface area contributed by atoms with E-state index in [0.717, 1.165) is 27.4 Å². The molecule has 0 saturated carbocycles. The van der Waals surface area contributed by atoms with Crippen LogP contribution in [0.2, 0.25) is 0 Å². The van der Waals surface area contributed by atoms with Gasteiger partial charge in [0.05, 0.1) is 10.9 Å². The van der Waals surface area contributed by atoms with Gasteiger partial charge in [-0.1, -0.05) is 42.8 Å². The first-order valence-corrected chi connectivity index (χ1v) is 10.3. The zero-order valence-corrected chi connectivity index (χ0v) is 17.2. The van der Waals surface area contributed by atoms with E-state index in [-0.39, 0.29) is 17.0 Å². The molecule has 0 bridgehead atoms. The highest BCUT2D eigenvalue weighted by Gasteiger charge is 2.19. The molecule has 0 aliphatic rings. The molecule has 0 radical (unpaired) electrons. The van der Waals surface area contributed by atoms with Crippen molar-refractivity contribution in [3.05, 3.63) is 59.2 Å². The van der Waals surface area contributed by atoms with E-state index in [2.05, 4.69) is 10.6 Å². The van der Waals surface area contributed by atoms with E-state index in [0.29, 0.717) is 5.69 Å². The average Bonchev–Trinajstić information content (AvgIpc) is 2.62. The highest BCUT2D eigenvalue weighted by molar-refractivity contribution is 7.89. The third kappa shape index (κ3) is 5.08. The maximum Gasteiger partial charge on any atom is 0.319 e. The molecule has 0 saturated heterocycles. The fourth-order valence-corrected chi connectivity index (χ4v) is 3.57. The minimum absolute atomic E-state index is 0.125. The van der Waals surface area contributed by atoms with Crippen molar-refractivity contribution in [2.75, 3.05) is 19.4 Å². The first-order chi connectivity index (χ1) is 12.6. The lowest BCUT2D eigenvalue weighted by molar-refractivity contribution is 0.248. The van der Waals surface area contributed by atoms with Crippen LogP contribution in [0.5, 0.6) is 0 Å². The molecule has 0 fully saturated rings. The molecule has 2 aromatic rings. The summed E-state index contributed by atoms with van der Waals surface area (Å²) in [5.41, 5.74) is 3.44. The summed E-state index contributed by atoms with van der Waals surface area (Å²) in [4.78, 5) is 12.6. The SMILES string of the molecule is CC[C@H](NC(=O)Nc1cc(S(=O)(=O)N(C)C)ccc1C)c1ccc(C)cc1. The highest BCUT2D eigenvalue weighted by atomic mass is 32.2. The maximum atomic E-state index is 12.5. The summed E-state index contributed by atoms with van der Waals surface area (Å²) in [6.07, 6.45) is 0.741. The summed E-state index contributed by atoms with van der Waals surface area (Å²) in [5, 5.41) is 5.72. The molecule has 6 nitrogen and oxygen atoms in total. The summed E-state index contributed by atoms with van der Waals surface area (Å²) in [7, 11) is -0.616. The van der Waals surface area contributed by atoms with Gasteiger partial charge in [-0.15, -0.1) is 0 Å². The van der Waals surface area contributed by atoms with Crippen LogP contribution in [0.15, 0.2) is 47.4 Å². The number of urea groups is 1. The van der Waals surface area contributed by atoms with Gasteiger partial charge >= 0.3 is 6.03 Å². The maximum absolute atomic E-state index is 12.5. The summed E-state index contributed by atoms with van der Waals surface area (Å²) >= 11 is 0. The number of sulfonamides is 1. The lowest BCUT2D eigenvalue weighted by atomic mass is 10.0. The molecule has 0 spiro atoms. The number of amides is 2. The molecule has 0 aliphatic carbocycles. The van der Waals surface area contributed by atoms with Gasteiger partial charge in [0.25, 0.3) is 0 Å². The number of carbonyl (C=O) groups excluding carboxylic acids is 1. The molecule has 2 N–H and O–H groups in total. The summed E-state index contributed by atoms with van der Waals surface area (Å²) < 4.78 is 25.8. The lowest BCUT2D eigenvalue weighted by Crippen LogP contribution is -2.32. The number of rotatable bonds is 6. The van der Waals surface area contributed by atoms with Crippen molar-refractivity contribution in [2.45, 2.75) is 38.1 Å². The fourth-order valence-electron chi connectivity index (χ4n) is 2.64. The van der Waals surface area contributed by atoms with Gasteiger partial charge in [-0.05, 0) is 43.5 Å². The molecule has 0 heterocycles. The first kappa shape index (κ1) is 20.9. The summed E-state index contributed by atoms with van der Waals surface area (Å²) in [6.45, 7) is 5.84. The molecule has 27 heavy (non-hydrogen) atoms. The number of hydrogen-bond donors (Lipinski definition) is 2. The van der Waals surface area contributed by atoms with E-state index in [4.69, 9.17) is 0 Å². The Morgan fingerprint density at radius 3 is 2.26 bits per heavy atom. The van der Waals surface area contributed by atoms with Gasteiger partial charge in [0.2, 0.25) is 10.0 Å². The second kappa shape index (κ2) is 8.54. The number of hydrogen-bond acceptors (Lipinski definition) is 3.